The number of nitrogens with one attached hydrogen (secondary N) is 1. The summed E-state index contributed by atoms with van der Waals surface area (Å²) >= 11 is 0. The first kappa shape index (κ1) is 12.5. The molecule has 0 unspecified atom stereocenters. The topological polar surface area (TPSA) is 12.0 Å². The van der Waals surface area contributed by atoms with E-state index >= 15 is 0 Å². The van der Waals surface area contributed by atoms with Crippen LogP contribution in [0.5, 0.6) is 0 Å². The molecule has 1 saturated carbocycles. The Balaban J connectivity index is 2.35. The Morgan fingerprint density at radius 3 is 2.18 bits per heavy atom. The Labute approximate surface area is 106 Å². The van der Waals surface area contributed by atoms with Crippen LogP contribution in [0.3, 0.4) is 0 Å². The molecule has 0 saturated heterocycles. The summed E-state index contributed by atoms with van der Waals surface area (Å²) < 4.78 is 0. The molecule has 0 radical (unpaired) electrons. The van der Waals surface area contributed by atoms with Crippen LogP contribution in [0.15, 0.2) is 18.2 Å². The van der Waals surface area contributed by atoms with Gasteiger partial charge in [0.1, 0.15) is 0 Å². The molecule has 0 bridgehead atoms. The second-order valence-electron chi connectivity index (χ2n) is 6.36. The van der Waals surface area contributed by atoms with E-state index in [-0.39, 0.29) is 0 Å². The first-order valence-electron chi connectivity index (χ1n) is 6.83. The van der Waals surface area contributed by atoms with Gasteiger partial charge in [0, 0.05) is 11.7 Å². The van der Waals surface area contributed by atoms with Crippen molar-refractivity contribution in [2.24, 2.45) is 0 Å². The summed E-state index contributed by atoms with van der Waals surface area (Å²) in [5.41, 5.74) is 4.72. The zero-order chi connectivity index (χ0) is 12.6. The van der Waals surface area contributed by atoms with Gasteiger partial charge in [-0.1, -0.05) is 26.8 Å². The number of hydrogen-bond donors (Lipinski definition) is 1. The zero-order valence-electron chi connectivity index (χ0n) is 11.8. The Morgan fingerprint density at radius 2 is 1.71 bits per heavy atom. The standard InChI is InChI=1S/C16H25N/c1-11(2)13-8-14(16(5)6-7-16)10-15(9-13)17-12(3)4/h8-12,17H,6-7H2,1-5H3. The van der Waals surface area contributed by atoms with Crippen molar-refractivity contribution in [3.8, 4) is 0 Å². The average Bonchev–Trinajstić information content (AvgIpc) is 2.96. The minimum atomic E-state index is 0.457. The molecule has 1 heteroatoms. The molecule has 1 N–H and O–H groups in total. The van der Waals surface area contributed by atoms with Crippen molar-refractivity contribution < 1.29 is 0 Å². The molecular weight excluding hydrogens is 206 g/mol. The molecular formula is C16H25N. The Hall–Kier alpha value is -0.980. The molecule has 1 aromatic carbocycles. The number of anilines is 1. The summed E-state index contributed by atoms with van der Waals surface area (Å²) in [6, 6.07) is 7.55. The van der Waals surface area contributed by atoms with Gasteiger partial charge in [-0.15, -0.1) is 0 Å². The van der Waals surface area contributed by atoms with E-state index in [1.54, 1.807) is 0 Å². The van der Waals surface area contributed by atoms with Gasteiger partial charge in [0.2, 0.25) is 0 Å². The molecule has 1 aromatic rings. The van der Waals surface area contributed by atoms with Gasteiger partial charge in [0.05, 0.1) is 0 Å². The minimum Gasteiger partial charge on any atom is -0.383 e. The predicted molar refractivity (Wildman–Crippen MR) is 75.9 cm³/mol. The quantitative estimate of drug-likeness (QED) is 0.793. The number of benzene rings is 1. The molecule has 1 aliphatic carbocycles. The third-order valence-corrected chi connectivity index (χ3v) is 3.77. The highest BCUT2D eigenvalue weighted by Crippen LogP contribution is 2.48. The van der Waals surface area contributed by atoms with Gasteiger partial charge in [-0.3, -0.25) is 0 Å². The third-order valence-electron chi connectivity index (χ3n) is 3.77. The van der Waals surface area contributed by atoms with E-state index in [2.05, 4.69) is 58.1 Å². The maximum absolute atomic E-state index is 3.54. The second-order valence-corrected chi connectivity index (χ2v) is 6.36. The number of rotatable bonds is 4. The molecule has 0 spiro atoms. The van der Waals surface area contributed by atoms with E-state index < -0.39 is 0 Å². The first-order chi connectivity index (χ1) is 7.90. The molecule has 1 nitrogen and oxygen atoms in total. The normalized spacial score (nSPS) is 17.6. The van der Waals surface area contributed by atoms with Gasteiger partial charge in [-0.05, 0) is 61.3 Å². The van der Waals surface area contributed by atoms with Gasteiger partial charge in [-0.25, -0.2) is 0 Å². The highest BCUT2D eigenvalue weighted by Gasteiger charge is 2.39. The van der Waals surface area contributed by atoms with Crippen LogP contribution in [0, 0.1) is 0 Å². The van der Waals surface area contributed by atoms with Crippen molar-refractivity contribution in [3.63, 3.8) is 0 Å². The Bertz CT molecular complexity index is 400. The largest absolute Gasteiger partial charge is 0.383 e. The lowest BCUT2D eigenvalue weighted by Gasteiger charge is -2.18. The lowest BCUT2D eigenvalue weighted by Crippen LogP contribution is -2.11. The maximum atomic E-state index is 3.54. The molecule has 0 atom stereocenters. The van der Waals surface area contributed by atoms with Crippen molar-refractivity contribution in [2.75, 3.05) is 5.32 Å². The van der Waals surface area contributed by atoms with Crippen LogP contribution in [-0.2, 0) is 5.41 Å². The van der Waals surface area contributed by atoms with E-state index in [4.69, 9.17) is 0 Å². The first-order valence-corrected chi connectivity index (χ1v) is 6.83. The van der Waals surface area contributed by atoms with E-state index in [0.29, 0.717) is 17.4 Å². The fraction of sp³-hybridized carbons (Fsp3) is 0.625. The van der Waals surface area contributed by atoms with Crippen molar-refractivity contribution in [2.45, 2.75) is 64.8 Å². The summed E-state index contributed by atoms with van der Waals surface area (Å²) in [6.07, 6.45) is 2.69. The lowest BCUT2D eigenvalue weighted by molar-refractivity contribution is 0.776. The molecule has 2 rings (SSSR count). The van der Waals surface area contributed by atoms with Gasteiger partial charge >= 0.3 is 0 Å². The highest BCUT2D eigenvalue weighted by molar-refractivity contribution is 5.52. The maximum Gasteiger partial charge on any atom is 0.0347 e. The molecule has 0 aliphatic heterocycles. The second kappa shape index (κ2) is 4.36. The fourth-order valence-electron chi connectivity index (χ4n) is 2.23. The van der Waals surface area contributed by atoms with E-state index in [1.165, 1.54) is 29.7 Å². The van der Waals surface area contributed by atoms with E-state index in [0.717, 1.165) is 0 Å². The van der Waals surface area contributed by atoms with Crippen LogP contribution in [0.1, 0.15) is 64.5 Å². The van der Waals surface area contributed by atoms with Crippen LogP contribution in [0.4, 0.5) is 5.69 Å². The lowest BCUT2D eigenvalue weighted by atomic mass is 9.92. The van der Waals surface area contributed by atoms with Crippen molar-refractivity contribution in [3.05, 3.63) is 29.3 Å². The van der Waals surface area contributed by atoms with Crippen molar-refractivity contribution in [1.29, 1.82) is 0 Å². The van der Waals surface area contributed by atoms with E-state index in [1.807, 2.05) is 0 Å². The van der Waals surface area contributed by atoms with Gasteiger partial charge in [0.15, 0.2) is 0 Å². The molecule has 1 aliphatic rings. The predicted octanol–water partition coefficient (Wildman–Crippen LogP) is 4.68. The smallest absolute Gasteiger partial charge is 0.0347 e. The van der Waals surface area contributed by atoms with Crippen LogP contribution >= 0.6 is 0 Å². The van der Waals surface area contributed by atoms with Crippen molar-refractivity contribution in [1.82, 2.24) is 0 Å². The van der Waals surface area contributed by atoms with Crippen LogP contribution in [0.25, 0.3) is 0 Å². The molecule has 1 fully saturated rings. The highest BCUT2D eigenvalue weighted by atomic mass is 14.9. The van der Waals surface area contributed by atoms with Gasteiger partial charge in [0.25, 0.3) is 0 Å². The fourth-order valence-corrected chi connectivity index (χ4v) is 2.23. The summed E-state index contributed by atoms with van der Waals surface area (Å²) in [4.78, 5) is 0. The zero-order valence-corrected chi connectivity index (χ0v) is 11.8. The monoisotopic (exact) mass is 231 g/mol. The average molecular weight is 231 g/mol. The molecule has 17 heavy (non-hydrogen) atoms. The molecule has 0 heterocycles. The SMILES string of the molecule is CC(C)Nc1cc(C(C)C)cc(C2(C)CC2)c1. The van der Waals surface area contributed by atoms with Crippen LogP contribution < -0.4 is 5.32 Å². The molecule has 0 amide bonds. The minimum absolute atomic E-state index is 0.457. The Morgan fingerprint density at radius 1 is 1.06 bits per heavy atom. The van der Waals surface area contributed by atoms with Crippen LogP contribution in [0.2, 0.25) is 0 Å². The summed E-state index contributed by atoms with van der Waals surface area (Å²) in [5, 5.41) is 3.54. The third kappa shape index (κ3) is 2.83. The summed E-state index contributed by atoms with van der Waals surface area (Å²) in [5.74, 6) is 0.602. The Kier molecular flexibility index (Phi) is 3.20. The summed E-state index contributed by atoms with van der Waals surface area (Å²) in [6.45, 7) is 11.3. The number of hydrogen-bond acceptors (Lipinski definition) is 1. The van der Waals surface area contributed by atoms with E-state index in [9.17, 15) is 0 Å². The summed E-state index contributed by atoms with van der Waals surface area (Å²) in [7, 11) is 0. The molecule has 0 aromatic heterocycles. The van der Waals surface area contributed by atoms with Crippen LogP contribution in [-0.4, -0.2) is 6.04 Å². The van der Waals surface area contributed by atoms with Crippen molar-refractivity contribution >= 4 is 5.69 Å². The molecule has 94 valence electrons. The van der Waals surface area contributed by atoms with Gasteiger partial charge in [-0.2, -0.15) is 0 Å². The van der Waals surface area contributed by atoms with Gasteiger partial charge < -0.3 is 5.32 Å².